The lowest BCUT2D eigenvalue weighted by molar-refractivity contribution is 0.283. The summed E-state index contributed by atoms with van der Waals surface area (Å²) in [5.41, 5.74) is 2.15. The molecule has 0 saturated carbocycles. The maximum atomic E-state index is 6.50. The molecule has 0 saturated heterocycles. The second kappa shape index (κ2) is 6.23. The van der Waals surface area contributed by atoms with Gasteiger partial charge >= 0.3 is 0 Å². The lowest BCUT2D eigenvalue weighted by Gasteiger charge is -2.30. The smallest absolute Gasteiger partial charge is 0.166 e. The van der Waals surface area contributed by atoms with Crippen molar-refractivity contribution in [3.63, 3.8) is 0 Å². The van der Waals surface area contributed by atoms with E-state index < -0.39 is 0 Å². The normalized spacial score (nSPS) is 21.9. The lowest BCUT2D eigenvalue weighted by atomic mass is 9.83. The third-order valence-electron chi connectivity index (χ3n) is 3.52. The maximum Gasteiger partial charge on any atom is 0.166 e. The summed E-state index contributed by atoms with van der Waals surface area (Å²) < 4.78 is 11.4. The van der Waals surface area contributed by atoms with E-state index in [1.165, 1.54) is 0 Å². The highest BCUT2D eigenvalue weighted by molar-refractivity contribution is 6.32. The van der Waals surface area contributed by atoms with Crippen LogP contribution in [-0.4, -0.2) is 13.2 Å². The first kappa shape index (κ1) is 14.8. The molecule has 0 spiro atoms. The van der Waals surface area contributed by atoms with Crippen molar-refractivity contribution in [2.45, 2.75) is 44.9 Å². The molecule has 0 aromatic heterocycles. The number of hydrogen-bond donors (Lipinski definition) is 0. The summed E-state index contributed by atoms with van der Waals surface area (Å²) in [5.74, 6) is 1.88. The molecule has 1 aliphatic carbocycles. The average Bonchev–Trinajstić information content (AvgIpc) is 2.37. The fraction of sp³-hybridized carbons (Fsp3) is 0.600. The van der Waals surface area contributed by atoms with Crippen LogP contribution in [0.3, 0.4) is 0 Å². The molecule has 1 aromatic rings. The van der Waals surface area contributed by atoms with Crippen LogP contribution in [0, 0.1) is 0 Å². The van der Waals surface area contributed by atoms with Crippen molar-refractivity contribution in [2.24, 2.45) is 0 Å². The zero-order valence-corrected chi connectivity index (χ0v) is 13.1. The summed E-state index contributed by atoms with van der Waals surface area (Å²) >= 11 is 12.9. The van der Waals surface area contributed by atoms with E-state index in [2.05, 4.69) is 6.92 Å². The van der Waals surface area contributed by atoms with Gasteiger partial charge in [-0.15, -0.1) is 11.6 Å². The van der Waals surface area contributed by atoms with E-state index in [9.17, 15) is 0 Å². The Balaban J connectivity index is 2.62. The molecule has 0 aliphatic heterocycles. The quantitative estimate of drug-likeness (QED) is 0.701. The largest absolute Gasteiger partial charge is 0.490 e. The van der Waals surface area contributed by atoms with Gasteiger partial charge < -0.3 is 9.47 Å². The lowest BCUT2D eigenvalue weighted by Crippen LogP contribution is -2.13. The van der Waals surface area contributed by atoms with E-state index in [0.717, 1.165) is 34.7 Å². The molecule has 19 heavy (non-hydrogen) atoms. The Labute approximate surface area is 125 Å². The molecule has 1 aliphatic rings. The van der Waals surface area contributed by atoms with E-state index in [-0.39, 0.29) is 5.38 Å². The van der Waals surface area contributed by atoms with Crippen LogP contribution in [0.25, 0.3) is 0 Å². The molecule has 0 radical (unpaired) electrons. The highest BCUT2D eigenvalue weighted by atomic mass is 35.5. The zero-order chi connectivity index (χ0) is 14.0. The highest BCUT2D eigenvalue weighted by Gasteiger charge is 2.31. The first-order chi connectivity index (χ1) is 9.10. The summed E-state index contributed by atoms with van der Waals surface area (Å²) in [7, 11) is 0. The molecule has 0 N–H and O–H groups in total. The first-order valence-electron chi connectivity index (χ1n) is 6.86. The number of rotatable bonds is 4. The van der Waals surface area contributed by atoms with Crippen molar-refractivity contribution in [3.05, 3.63) is 22.2 Å². The second-order valence-electron chi connectivity index (χ2n) is 4.82. The number of ether oxygens (including phenoxy) is 2. The maximum absolute atomic E-state index is 6.50. The summed E-state index contributed by atoms with van der Waals surface area (Å²) in [6, 6.07) is 1.86. The van der Waals surface area contributed by atoms with Gasteiger partial charge in [0.25, 0.3) is 0 Å². The molecule has 0 bridgehead atoms. The van der Waals surface area contributed by atoms with E-state index >= 15 is 0 Å². The van der Waals surface area contributed by atoms with Crippen LogP contribution in [0.2, 0.25) is 5.02 Å². The van der Waals surface area contributed by atoms with E-state index in [4.69, 9.17) is 32.7 Å². The topological polar surface area (TPSA) is 18.5 Å². The molecule has 1 aromatic carbocycles. The molecule has 2 nitrogen and oxygen atoms in total. The van der Waals surface area contributed by atoms with Crippen molar-refractivity contribution in [1.29, 1.82) is 0 Å². The van der Waals surface area contributed by atoms with Gasteiger partial charge in [-0.2, -0.15) is 0 Å². The third kappa shape index (κ3) is 2.80. The Bertz CT molecular complexity index is 460. The Morgan fingerprint density at radius 1 is 1.16 bits per heavy atom. The van der Waals surface area contributed by atoms with Crippen LogP contribution in [0.1, 0.15) is 56.0 Å². The minimum absolute atomic E-state index is 0.0503. The summed E-state index contributed by atoms with van der Waals surface area (Å²) in [6.45, 7) is 7.27. The summed E-state index contributed by atoms with van der Waals surface area (Å²) in [4.78, 5) is 0. The van der Waals surface area contributed by atoms with Crippen molar-refractivity contribution < 1.29 is 9.47 Å². The molecule has 2 unspecified atom stereocenters. The van der Waals surface area contributed by atoms with E-state index in [1.807, 2.05) is 19.9 Å². The predicted octanol–water partition coefficient (Wildman–Crippen LogP) is 5.31. The number of alkyl halides is 1. The van der Waals surface area contributed by atoms with Crippen LogP contribution in [0.15, 0.2) is 6.07 Å². The predicted molar refractivity (Wildman–Crippen MR) is 80.0 cm³/mol. The first-order valence-corrected chi connectivity index (χ1v) is 7.67. The van der Waals surface area contributed by atoms with Gasteiger partial charge in [-0.05, 0) is 38.2 Å². The highest BCUT2D eigenvalue weighted by Crippen LogP contribution is 2.51. The molecular weight excluding hydrogens is 283 g/mol. The molecule has 2 rings (SSSR count). The molecule has 0 amide bonds. The van der Waals surface area contributed by atoms with Crippen molar-refractivity contribution in [2.75, 3.05) is 13.2 Å². The second-order valence-corrected chi connectivity index (χ2v) is 5.76. The van der Waals surface area contributed by atoms with Gasteiger partial charge in [0.15, 0.2) is 11.5 Å². The Morgan fingerprint density at radius 2 is 1.84 bits per heavy atom. The summed E-state index contributed by atoms with van der Waals surface area (Å²) in [6.07, 6.45) is 2.00. The van der Waals surface area contributed by atoms with Crippen molar-refractivity contribution in [1.82, 2.24) is 0 Å². The number of fused-ring (bicyclic) bond motifs is 1. The fourth-order valence-corrected chi connectivity index (χ4v) is 3.42. The van der Waals surface area contributed by atoms with Gasteiger partial charge in [-0.1, -0.05) is 18.5 Å². The Hall–Kier alpha value is -0.600. The minimum Gasteiger partial charge on any atom is -0.490 e. The van der Waals surface area contributed by atoms with Gasteiger partial charge in [-0.3, -0.25) is 0 Å². The van der Waals surface area contributed by atoms with Crippen LogP contribution in [0.4, 0.5) is 0 Å². The van der Waals surface area contributed by atoms with Crippen LogP contribution in [-0.2, 0) is 0 Å². The third-order valence-corrected chi connectivity index (χ3v) is 4.27. The number of benzene rings is 1. The van der Waals surface area contributed by atoms with Gasteiger partial charge in [-0.25, -0.2) is 0 Å². The van der Waals surface area contributed by atoms with Crippen LogP contribution in [0.5, 0.6) is 11.5 Å². The van der Waals surface area contributed by atoms with Crippen molar-refractivity contribution in [3.8, 4) is 11.5 Å². The zero-order valence-electron chi connectivity index (χ0n) is 11.6. The number of halogens is 2. The molecule has 2 atom stereocenters. The molecule has 0 heterocycles. The van der Waals surface area contributed by atoms with E-state index in [0.29, 0.717) is 24.9 Å². The van der Waals surface area contributed by atoms with Gasteiger partial charge in [0, 0.05) is 16.7 Å². The standard InChI is InChI=1S/C15H20Cl2O2/c1-4-18-12-8-11(17)13-9(3)6-7-10(16)14(13)15(12)19-5-2/h8-10H,4-7H2,1-3H3. The number of hydrogen-bond acceptors (Lipinski definition) is 2. The summed E-state index contributed by atoms with van der Waals surface area (Å²) in [5, 5.41) is 0.686. The Morgan fingerprint density at radius 3 is 2.47 bits per heavy atom. The molecule has 106 valence electrons. The molecule has 0 fully saturated rings. The average molecular weight is 303 g/mol. The molecular formula is C15H20Cl2O2. The monoisotopic (exact) mass is 302 g/mol. The van der Waals surface area contributed by atoms with Crippen LogP contribution < -0.4 is 9.47 Å². The van der Waals surface area contributed by atoms with Crippen molar-refractivity contribution >= 4 is 23.2 Å². The van der Waals surface area contributed by atoms with E-state index in [1.54, 1.807) is 0 Å². The van der Waals surface area contributed by atoms with Gasteiger partial charge in [0.2, 0.25) is 0 Å². The van der Waals surface area contributed by atoms with Crippen LogP contribution >= 0.6 is 23.2 Å². The Kier molecular flexibility index (Phi) is 4.86. The van der Waals surface area contributed by atoms with Gasteiger partial charge in [0.1, 0.15) is 0 Å². The van der Waals surface area contributed by atoms with Gasteiger partial charge in [0.05, 0.1) is 18.6 Å². The molecule has 4 heteroatoms. The minimum atomic E-state index is -0.0503. The SMILES string of the molecule is CCOc1cc(Cl)c2c(c1OCC)C(Cl)CCC2C. The fourth-order valence-electron chi connectivity index (χ4n) is 2.69.